The normalized spacial score (nSPS) is 18.7. The number of aryl methyl sites for hydroxylation is 1. The SMILES string of the molecule is CCCS(=O)(=O)NC1CCN(C(=O)C2=NN(c3cccc(C)c3)C(=O)CC2)CC1. The van der Waals surface area contributed by atoms with E-state index in [-0.39, 0.29) is 30.0 Å². The molecule has 9 heteroatoms. The van der Waals surface area contributed by atoms with Crippen molar-refractivity contribution in [2.24, 2.45) is 5.10 Å². The van der Waals surface area contributed by atoms with Crippen molar-refractivity contribution < 1.29 is 18.0 Å². The fraction of sp³-hybridized carbons (Fsp3) is 0.550. The number of rotatable bonds is 6. The van der Waals surface area contributed by atoms with Crippen molar-refractivity contribution in [3.63, 3.8) is 0 Å². The molecular formula is C20H28N4O4S. The summed E-state index contributed by atoms with van der Waals surface area (Å²) in [5.74, 6) is -0.188. The number of sulfonamides is 1. The van der Waals surface area contributed by atoms with Gasteiger partial charge in [-0.3, -0.25) is 9.59 Å². The second-order valence-electron chi connectivity index (χ2n) is 7.59. The number of nitrogens with one attached hydrogen (secondary N) is 1. The Morgan fingerprint density at radius 3 is 2.62 bits per heavy atom. The van der Waals surface area contributed by atoms with Gasteiger partial charge in [0.2, 0.25) is 15.9 Å². The highest BCUT2D eigenvalue weighted by molar-refractivity contribution is 7.89. The van der Waals surface area contributed by atoms with E-state index in [0.29, 0.717) is 50.2 Å². The number of carbonyl (C=O) groups is 2. The molecule has 0 saturated carbocycles. The number of anilines is 1. The topological polar surface area (TPSA) is 99.2 Å². The lowest BCUT2D eigenvalue weighted by molar-refractivity contribution is -0.125. The van der Waals surface area contributed by atoms with Crippen LogP contribution in [0.15, 0.2) is 29.4 Å². The first kappa shape index (κ1) is 21.4. The van der Waals surface area contributed by atoms with Crippen molar-refractivity contribution >= 4 is 33.2 Å². The number of carbonyl (C=O) groups excluding carboxylic acids is 2. The van der Waals surface area contributed by atoms with Crippen molar-refractivity contribution in [1.82, 2.24) is 9.62 Å². The summed E-state index contributed by atoms with van der Waals surface area (Å²) in [5.41, 5.74) is 2.04. The maximum atomic E-state index is 12.9. The number of hydrogen-bond donors (Lipinski definition) is 1. The molecule has 2 aliphatic rings. The summed E-state index contributed by atoms with van der Waals surface area (Å²) in [7, 11) is -3.26. The van der Waals surface area contributed by atoms with Gasteiger partial charge < -0.3 is 4.90 Å². The van der Waals surface area contributed by atoms with Crippen molar-refractivity contribution in [2.45, 2.75) is 52.0 Å². The van der Waals surface area contributed by atoms with Gasteiger partial charge in [-0.15, -0.1) is 0 Å². The zero-order chi connectivity index (χ0) is 21.0. The Morgan fingerprint density at radius 2 is 1.97 bits per heavy atom. The Bertz CT molecular complexity index is 905. The minimum atomic E-state index is -3.26. The number of amides is 2. The predicted molar refractivity (Wildman–Crippen MR) is 112 cm³/mol. The molecule has 1 saturated heterocycles. The van der Waals surface area contributed by atoms with Crippen molar-refractivity contribution in [3.8, 4) is 0 Å². The minimum absolute atomic E-state index is 0.117. The largest absolute Gasteiger partial charge is 0.337 e. The molecule has 0 bridgehead atoms. The third-order valence-corrected chi connectivity index (χ3v) is 6.77. The summed E-state index contributed by atoms with van der Waals surface area (Å²) >= 11 is 0. The second-order valence-corrected chi connectivity index (χ2v) is 9.47. The second kappa shape index (κ2) is 9.04. The van der Waals surface area contributed by atoms with Gasteiger partial charge in [0, 0.05) is 32.0 Å². The highest BCUT2D eigenvalue weighted by Gasteiger charge is 2.31. The van der Waals surface area contributed by atoms with E-state index in [1.165, 1.54) is 5.01 Å². The number of hydrazone groups is 1. The summed E-state index contributed by atoms with van der Waals surface area (Å²) in [6, 6.07) is 7.31. The Kier molecular flexibility index (Phi) is 6.69. The van der Waals surface area contributed by atoms with Gasteiger partial charge in [-0.25, -0.2) is 18.1 Å². The molecule has 2 aliphatic heterocycles. The van der Waals surface area contributed by atoms with E-state index >= 15 is 0 Å². The van der Waals surface area contributed by atoms with Gasteiger partial charge in [0.15, 0.2) is 0 Å². The summed E-state index contributed by atoms with van der Waals surface area (Å²) in [5, 5.41) is 5.66. The first-order chi connectivity index (χ1) is 13.8. The van der Waals surface area contributed by atoms with Crippen LogP contribution in [-0.4, -0.2) is 55.7 Å². The van der Waals surface area contributed by atoms with E-state index in [4.69, 9.17) is 0 Å². The molecule has 0 unspecified atom stereocenters. The average Bonchev–Trinajstić information content (AvgIpc) is 2.68. The van der Waals surface area contributed by atoms with Gasteiger partial charge in [0.1, 0.15) is 5.71 Å². The Balaban J connectivity index is 1.65. The standard InChI is InChI=1S/C20H28N4O4S/c1-3-13-29(27,28)22-16-9-11-23(12-10-16)20(26)18-7-8-19(25)24(21-18)17-6-4-5-15(2)14-17/h4-6,14,16,22H,3,7-13H2,1-2H3. The van der Waals surface area contributed by atoms with Crippen LogP contribution in [0.5, 0.6) is 0 Å². The molecular weight excluding hydrogens is 392 g/mol. The third kappa shape index (κ3) is 5.42. The molecule has 1 N–H and O–H groups in total. The Hall–Kier alpha value is -2.26. The zero-order valence-electron chi connectivity index (χ0n) is 16.9. The van der Waals surface area contributed by atoms with Gasteiger partial charge in [-0.05, 0) is 43.9 Å². The predicted octanol–water partition coefficient (Wildman–Crippen LogP) is 1.80. The molecule has 29 heavy (non-hydrogen) atoms. The lowest BCUT2D eigenvalue weighted by Crippen LogP contribution is -2.49. The highest BCUT2D eigenvalue weighted by atomic mass is 32.2. The highest BCUT2D eigenvalue weighted by Crippen LogP contribution is 2.22. The molecule has 1 aromatic carbocycles. The molecule has 3 rings (SSSR count). The van der Waals surface area contributed by atoms with Crippen LogP contribution in [0.3, 0.4) is 0 Å². The lowest BCUT2D eigenvalue weighted by Gasteiger charge is -2.33. The quantitative estimate of drug-likeness (QED) is 0.758. The first-order valence-corrected chi connectivity index (χ1v) is 11.7. The third-order valence-electron chi connectivity index (χ3n) is 5.13. The fourth-order valence-electron chi connectivity index (χ4n) is 3.63. The van der Waals surface area contributed by atoms with Crippen LogP contribution in [0.2, 0.25) is 0 Å². The smallest absolute Gasteiger partial charge is 0.270 e. The molecule has 0 aromatic heterocycles. The van der Waals surface area contributed by atoms with E-state index in [1.807, 2.05) is 32.0 Å². The van der Waals surface area contributed by atoms with E-state index in [9.17, 15) is 18.0 Å². The maximum absolute atomic E-state index is 12.9. The van der Waals surface area contributed by atoms with E-state index < -0.39 is 10.0 Å². The van der Waals surface area contributed by atoms with Gasteiger partial charge in [0.05, 0.1) is 11.4 Å². The van der Waals surface area contributed by atoms with Gasteiger partial charge in [-0.2, -0.15) is 5.10 Å². The van der Waals surface area contributed by atoms with Gasteiger partial charge in [-0.1, -0.05) is 19.1 Å². The van der Waals surface area contributed by atoms with E-state index in [0.717, 1.165) is 5.56 Å². The molecule has 0 radical (unpaired) electrons. The number of piperidine rings is 1. The number of likely N-dealkylation sites (tertiary alicyclic amines) is 1. The van der Waals surface area contributed by atoms with Crippen LogP contribution in [-0.2, 0) is 19.6 Å². The van der Waals surface area contributed by atoms with Crippen LogP contribution in [0, 0.1) is 6.92 Å². The summed E-state index contributed by atoms with van der Waals surface area (Å²) in [4.78, 5) is 26.9. The summed E-state index contributed by atoms with van der Waals surface area (Å²) in [6.07, 6.45) is 2.28. The average molecular weight is 421 g/mol. The molecule has 0 aliphatic carbocycles. The van der Waals surface area contributed by atoms with Crippen LogP contribution in [0.1, 0.15) is 44.6 Å². The monoisotopic (exact) mass is 420 g/mol. The van der Waals surface area contributed by atoms with Gasteiger partial charge in [0.25, 0.3) is 5.91 Å². The molecule has 2 heterocycles. The van der Waals surface area contributed by atoms with Crippen LogP contribution in [0.4, 0.5) is 5.69 Å². The Morgan fingerprint density at radius 1 is 1.24 bits per heavy atom. The molecule has 1 fully saturated rings. The number of nitrogens with zero attached hydrogens (tertiary/aromatic N) is 3. The number of hydrogen-bond acceptors (Lipinski definition) is 5. The van der Waals surface area contributed by atoms with Crippen LogP contribution < -0.4 is 9.73 Å². The zero-order valence-corrected chi connectivity index (χ0v) is 17.7. The van der Waals surface area contributed by atoms with E-state index in [1.54, 1.807) is 11.0 Å². The fourth-order valence-corrected chi connectivity index (χ4v) is 5.03. The van der Waals surface area contributed by atoms with Crippen molar-refractivity contribution in [2.75, 3.05) is 23.9 Å². The summed E-state index contributed by atoms with van der Waals surface area (Å²) < 4.78 is 26.6. The van der Waals surface area contributed by atoms with Crippen LogP contribution >= 0.6 is 0 Å². The van der Waals surface area contributed by atoms with Crippen molar-refractivity contribution in [3.05, 3.63) is 29.8 Å². The molecule has 1 aromatic rings. The van der Waals surface area contributed by atoms with Crippen molar-refractivity contribution in [1.29, 1.82) is 0 Å². The van der Waals surface area contributed by atoms with E-state index in [2.05, 4.69) is 9.82 Å². The molecule has 2 amide bonds. The lowest BCUT2D eigenvalue weighted by atomic mass is 10.0. The minimum Gasteiger partial charge on any atom is -0.337 e. The first-order valence-electron chi connectivity index (χ1n) is 10.1. The number of benzene rings is 1. The molecule has 0 spiro atoms. The Labute approximate surface area is 172 Å². The summed E-state index contributed by atoms with van der Waals surface area (Å²) in [6.45, 7) is 4.70. The molecule has 158 valence electrons. The van der Waals surface area contributed by atoms with Gasteiger partial charge >= 0.3 is 0 Å². The molecule has 0 atom stereocenters. The maximum Gasteiger partial charge on any atom is 0.270 e. The van der Waals surface area contributed by atoms with Crippen LogP contribution in [0.25, 0.3) is 0 Å². The molecule has 8 nitrogen and oxygen atoms in total.